The third kappa shape index (κ3) is 20.0. The number of aldehydes is 1. The lowest BCUT2D eigenvalue weighted by atomic mass is 10.1. The molecule has 1 heterocycles. The fourth-order valence-electron chi connectivity index (χ4n) is 5.33. The second kappa shape index (κ2) is 28.1. The molecule has 2 aromatic carbocycles. The zero-order valence-corrected chi connectivity index (χ0v) is 34.7. The van der Waals surface area contributed by atoms with Gasteiger partial charge in [-0.1, -0.05) is 29.8 Å². The topological polar surface area (TPSA) is 332 Å². The summed E-state index contributed by atoms with van der Waals surface area (Å²) in [6, 6.07) is 11.3. The molecule has 1 saturated heterocycles. The molecule has 1 unspecified atom stereocenters. The minimum absolute atomic E-state index is 0.0667. The molecule has 1 aliphatic heterocycles. The Morgan fingerprint density at radius 1 is 0.746 bits per heavy atom. The lowest BCUT2D eigenvalue weighted by Gasteiger charge is -2.27. The zero-order chi connectivity index (χ0) is 47.6. The number of unbranched alkanes of at least 4 members (excludes halogenated alkanes) is 1. The standard InChI is InChI=1S/C24H26N4O13.C8H16N2O3.C8H8O/c1-2-25(11-20(33)34)18(31)9-26(12-21(35)36)19(32)10-27(13-22(37)38)23(39)14-4-3-5-15(8-14)24(40)41-28-16(29)6-7-17(28)30;1-9-5-3-2-4-7(8(12)13)10-6-11;1-7-3-2-4-8(5-7)6-9/h3-5,8H,2,6-7,9-13H2,1H3,(H,33,34)(H,35,36)(H,37,38);6-7,9H,2-5H2,1H3,(H,10,11)(H,12,13);2-6H,1H3. The number of hydrogen-bond acceptors (Lipinski definition) is 14. The van der Waals surface area contributed by atoms with Gasteiger partial charge in [-0.15, -0.1) is 5.06 Å². The van der Waals surface area contributed by atoms with Crippen molar-refractivity contribution in [3.05, 3.63) is 70.8 Å². The molecule has 3 rings (SSSR count). The Hall–Kier alpha value is -7.56. The summed E-state index contributed by atoms with van der Waals surface area (Å²) in [5.74, 6) is -11.2. The summed E-state index contributed by atoms with van der Waals surface area (Å²) < 4.78 is 0. The molecule has 0 saturated carbocycles. The summed E-state index contributed by atoms with van der Waals surface area (Å²) in [7, 11) is 1.85. The normalized spacial score (nSPS) is 11.9. The highest BCUT2D eigenvalue weighted by atomic mass is 16.7. The quantitative estimate of drug-likeness (QED) is 0.0472. The Kier molecular flexibility index (Phi) is 23.8. The van der Waals surface area contributed by atoms with Gasteiger partial charge in [0.2, 0.25) is 18.2 Å². The summed E-state index contributed by atoms with van der Waals surface area (Å²) in [6.07, 6.45) is 3.17. The number of hydroxylamine groups is 2. The van der Waals surface area contributed by atoms with E-state index in [-0.39, 0.29) is 30.5 Å². The minimum atomic E-state index is -1.55. The van der Waals surface area contributed by atoms with Gasteiger partial charge < -0.3 is 50.6 Å². The highest BCUT2D eigenvalue weighted by molar-refractivity contribution is 6.04. The molecule has 63 heavy (non-hydrogen) atoms. The van der Waals surface area contributed by atoms with Crippen LogP contribution in [0.15, 0.2) is 48.5 Å². The second-order valence-electron chi connectivity index (χ2n) is 13.3. The smallest absolute Gasteiger partial charge is 0.363 e. The Morgan fingerprint density at radius 3 is 1.79 bits per heavy atom. The van der Waals surface area contributed by atoms with E-state index in [4.69, 9.17) is 15.1 Å². The fourth-order valence-corrected chi connectivity index (χ4v) is 5.33. The first kappa shape index (κ1) is 53.5. The van der Waals surface area contributed by atoms with Crippen LogP contribution in [0.5, 0.6) is 0 Å². The van der Waals surface area contributed by atoms with Crippen LogP contribution in [0.1, 0.15) is 75.7 Å². The highest BCUT2D eigenvalue weighted by Crippen LogP contribution is 2.16. The van der Waals surface area contributed by atoms with Crippen LogP contribution in [0.2, 0.25) is 0 Å². The summed E-state index contributed by atoms with van der Waals surface area (Å²) in [5.41, 5.74) is 1.28. The van der Waals surface area contributed by atoms with Gasteiger partial charge in [-0.3, -0.25) is 47.9 Å². The van der Waals surface area contributed by atoms with Crippen molar-refractivity contribution in [3.63, 3.8) is 0 Å². The van der Waals surface area contributed by atoms with Crippen LogP contribution < -0.4 is 10.6 Å². The van der Waals surface area contributed by atoms with Crippen LogP contribution in [-0.2, 0) is 48.0 Å². The van der Waals surface area contributed by atoms with Crippen molar-refractivity contribution in [1.29, 1.82) is 0 Å². The number of imide groups is 1. The van der Waals surface area contributed by atoms with Crippen LogP contribution in [0, 0.1) is 6.92 Å². The minimum Gasteiger partial charge on any atom is -0.480 e. The Labute approximate surface area is 360 Å². The van der Waals surface area contributed by atoms with Crippen molar-refractivity contribution in [3.8, 4) is 0 Å². The molecule has 2 aromatic rings. The highest BCUT2D eigenvalue weighted by Gasteiger charge is 2.34. The molecule has 342 valence electrons. The van der Waals surface area contributed by atoms with Gasteiger partial charge in [0.25, 0.3) is 17.7 Å². The third-order valence-electron chi connectivity index (χ3n) is 8.45. The number of nitrogens with one attached hydrogen (secondary N) is 2. The Morgan fingerprint density at radius 2 is 1.29 bits per heavy atom. The molecule has 0 aliphatic carbocycles. The lowest BCUT2D eigenvalue weighted by molar-refractivity contribution is -0.172. The third-order valence-corrected chi connectivity index (χ3v) is 8.45. The van der Waals surface area contributed by atoms with Crippen LogP contribution in [0.3, 0.4) is 0 Å². The van der Waals surface area contributed by atoms with Crippen molar-refractivity contribution in [2.75, 3.05) is 52.9 Å². The molecular weight excluding hydrogens is 836 g/mol. The number of nitrogens with zero attached hydrogens (tertiary/aromatic N) is 4. The molecule has 0 spiro atoms. The van der Waals surface area contributed by atoms with Gasteiger partial charge in [0.05, 0.1) is 5.56 Å². The molecule has 6 N–H and O–H groups in total. The first-order valence-corrected chi connectivity index (χ1v) is 19.1. The van der Waals surface area contributed by atoms with E-state index in [1.54, 1.807) is 6.07 Å². The van der Waals surface area contributed by atoms with E-state index in [1.807, 2.05) is 32.2 Å². The van der Waals surface area contributed by atoms with Crippen molar-refractivity contribution in [2.24, 2.45) is 0 Å². The van der Waals surface area contributed by atoms with Gasteiger partial charge in [-0.05, 0) is 71.0 Å². The number of hydrogen-bond donors (Lipinski definition) is 6. The number of carboxylic acid groups (broad SMARTS) is 4. The first-order valence-electron chi connectivity index (χ1n) is 19.1. The molecule has 1 fully saturated rings. The van der Waals surface area contributed by atoms with Crippen LogP contribution >= 0.6 is 0 Å². The van der Waals surface area contributed by atoms with Gasteiger partial charge >= 0.3 is 29.8 Å². The average Bonchev–Trinajstić information content (AvgIpc) is 3.55. The molecule has 1 aliphatic rings. The van der Waals surface area contributed by atoms with Crippen molar-refractivity contribution < 1.29 is 82.8 Å². The lowest BCUT2D eigenvalue weighted by Crippen LogP contribution is -2.50. The van der Waals surface area contributed by atoms with E-state index in [0.29, 0.717) is 27.7 Å². The molecular formula is C40H50N6O17. The maximum Gasteiger partial charge on any atom is 0.363 e. The molecule has 0 bridgehead atoms. The summed E-state index contributed by atoms with van der Waals surface area (Å²) >= 11 is 0. The van der Waals surface area contributed by atoms with Crippen molar-refractivity contribution in [2.45, 2.75) is 52.0 Å². The number of carboxylic acids is 4. The summed E-state index contributed by atoms with van der Waals surface area (Å²) in [4.78, 5) is 146. The molecule has 0 aromatic heterocycles. The predicted molar refractivity (Wildman–Crippen MR) is 216 cm³/mol. The summed E-state index contributed by atoms with van der Waals surface area (Å²) in [6.45, 7) is -0.401. The van der Waals surface area contributed by atoms with Crippen LogP contribution in [-0.4, -0.2) is 171 Å². The van der Waals surface area contributed by atoms with E-state index >= 15 is 0 Å². The Bertz CT molecular complexity index is 1970. The number of aryl methyl sites for hydroxylation is 1. The predicted octanol–water partition coefficient (Wildman–Crippen LogP) is -0.337. The van der Waals surface area contributed by atoms with Crippen molar-refractivity contribution >= 4 is 72.1 Å². The van der Waals surface area contributed by atoms with Crippen LogP contribution in [0.4, 0.5) is 0 Å². The second-order valence-corrected chi connectivity index (χ2v) is 13.3. The van der Waals surface area contributed by atoms with Gasteiger partial charge in [0, 0.05) is 30.5 Å². The molecule has 6 amide bonds. The summed E-state index contributed by atoms with van der Waals surface area (Å²) in [5, 5.41) is 41.6. The number of carbonyl (C=O) groups excluding carboxylic acids is 8. The zero-order valence-electron chi connectivity index (χ0n) is 34.7. The van der Waals surface area contributed by atoms with E-state index < -0.39 is 98.1 Å². The number of amides is 6. The van der Waals surface area contributed by atoms with Crippen LogP contribution in [0.25, 0.3) is 0 Å². The largest absolute Gasteiger partial charge is 0.480 e. The maximum absolute atomic E-state index is 13.1. The van der Waals surface area contributed by atoms with Gasteiger partial charge in [-0.2, -0.15) is 0 Å². The number of rotatable bonds is 23. The van der Waals surface area contributed by atoms with E-state index in [9.17, 15) is 67.7 Å². The SMILES string of the molecule is CCN(CC(=O)O)C(=O)CN(CC(=O)O)C(=O)CN(CC(=O)O)C(=O)c1cccc(C(=O)ON2C(=O)CCC2=O)c1.CNCCCCC(NC=O)C(=O)O.Cc1cccc(C=O)c1. The van der Waals surface area contributed by atoms with Gasteiger partial charge in [0.1, 0.15) is 45.1 Å². The molecule has 0 radical (unpaired) electrons. The maximum atomic E-state index is 13.1. The number of benzene rings is 2. The van der Waals surface area contributed by atoms with Gasteiger partial charge in [-0.25, -0.2) is 9.59 Å². The van der Waals surface area contributed by atoms with E-state index in [0.717, 1.165) is 47.8 Å². The monoisotopic (exact) mass is 886 g/mol. The Balaban J connectivity index is 0.000000729. The van der Waals surface area contributed by atoms with E-state index in [2.05, 4.69) is 10.6 Å². The average molecular weight is 887 g/mol. The number of likely N-dealkylation sites (N-methyl/N-ethyl adjacent to an activating group) is 1. The van der Waals surface area contributed by atoms with Gasteiger partial charge in [0.15, 0.2) is 0 Å². The molecule has 23 heteroatoms. The number of aliphatic carboxylic acids is 4. The number of carbonyl (C=O) groups is 12. The first-order chi connectivity index (χ1) is 29.8. The molecule has 23 nitrogen and oxygen atoms in total. The van der Waals surface area contributed by atoms with Crippen molar-refractivity contribution in [1.82, 2.24) is 30.4 Å². The van der Waals surface area contributed by atoms with E-state index in [1.165, 1.54) is 25.1 Å². The fraction of sp³-hybridized carbons (Fsp3) is 0.400. The molecule has 1 atom stereocenters.